The summed E-state index contributed by atoms with van der Waals surface area (Å²) in [6, 6.07) is 11.8. The number of hydrogen-bond donors (Lipinski definition) is 1. The van der Waals surface area contributed by atoms with E-state index in [9.17, 15) is 12.8 Å². The Hall–Kier alpha value is -1.44. The minimum atomic E-state index is -3.67. The maximum Gasteiger partial charge on any atom is 0.244 e. The molecular formula is C17H15Cl3FN3O3S. The van der Waals surface area contributed by atoms with Crippen LogP contribution in [-0.2, 0) is 14.3 Å². The van der Waals surface area contributed by atoms with Gasteiger partial charge in [0.05, 0.1) is 34.6 Å². The summed E-state index contributed by atoms with van der Waals surface area (Å²) < 4.78 is 42.6. The third kappa shape index (κ3) is 5.33. The lowest BCUT2D eigenvalue weighted by molar-refractivity contribution is 0.101. The van der Waals surface area contributed by atoms with E-state index in [1.54, 1.807) is 18.2 Å². The van der Waals surface area contributed by atoms with Gasteiger partial charge < -0.3 is 5.73 Å². The molecule has 28 heavy (non-hydrogen) atoms. The molecular weight excluding hydrogens is 452 g/mol. The van der Waals surface area contributed by atoms with E-state index >= 15 is 0 Å². The Balaban J connectivity index is 0.000000261. The van der Waals surface area contributed by atoms with Crippen LogP contribution >= 0.6 is 35.1 Å². The second-order valence-corrected chi connectivity index (χ2v) is 9.02. The van der Waals surface area contributed by atoms with Crippen molar-refractivity contribution in [2.75, 3.05) is 19.7 Å². The predicted octanol–water partition coefficient (Wildman–Crippen LogP) is 3.56. The van der Waals surface area contributed by atoms with Gasteiger partial charge in [0.1, 0.15) is 16.8 Å². The molecule has 1 heterocycles. The molecule has 3 rings (SSSR count). The number of rotatable bonds is 4. The fourth-order valence-electron chi connectivity index (χ4n) is 2.40. The van der Waals surface area contributed by atoms with E-state index in [2.05, 4.69) is 4.29 Å². The van der Waals surface area contributed by atoms with E-state index in [1.165, 1.54) is 34.6 Å². The number of benzene rings is 2. The van der Waals surface area contributed by atoms with E-state index in [0.717, 1.165) is 0 Å². The monoisotopic (exact) mass is 465 g/mol. The predicted molar refractivity (Wildman–Crippen MR) is 105 cm³/mol. The minimum absolute atomic E-state index is 0.00686. The van der Waals surface area contributed by atoms with Gasteiger partial charge in [-0.1, -0.05) is 35.3 Å². The molecule has 2 aromatic rings. The first-order valence-electron chi connectivity index (χ1n) is 7.75. The van der Waals surface area contributed by atoms with Crippen molar-refractivity contribution in [3.8, 4) is 6.07 Å². The number of nitrogens with two attached hydrogens (primary N) is 1. The summed E-state index contributed by atoms with van der Waals surface area (Å²) in [5.74, 6) is -0.458. The topological polar surface area (TPSA) is 96.4 Å². The average Bonchev–Trinajstić information content (AvgIpc) is 2.60. The molecule has 0 amide bonds. The Labute approximate surface area is 177 Å². The molecule has 1 aliphatic heterocycles. The molecule has 0 unspecified atom stereocenters. The van der Waals surface area contributed by atoms with Gasteiger partial charge in [0.2, 0.25) is 10.0 Å². The Morgan fingerprint density at radius 1 is 1.25 bits per heavy atom. The van der Waals surface area contributed by atoms with E-state index in [4.69, 9.17) is 46.1 Å². The molecule has 0 radical (unpaired) electrons. The van der Waals surface area contributed by atoms with Crippen LogP contribution in [0.15, 0.2) is 47.4 Å². The largest absolute Gasteiger partial charge is 0.321 e. The molecule has 0 saturated carbocycles. The molecule has 2 N–H and O–H groups in total. The Morgan fingerprint density at radius 3 is 2.39 bits per heavy atom. The van der Waals surface area contributed by atoms with Crippen LogP contribution < -0.4 is 5.73 Å². The van der Waals surface area contributed by atoms with E-state index in [1.807, 2.05) is 0 Å². The van der Waals surface area contributed by atoms with Gasteiger partial charge in [0, 0.05) is 18.1 Å². The standard InChI is InChI=1S/C10H11Cl3N2O3S.C7H4FN/c11-7-1-2-9(8(12)3-7)19(16,17)15-4-10(14,5-15)6-18-13;8-7-4-2-1-3-6(7)5-9/h1-3H,4-6,14H2;1-4H. The van der Waals surface area contributed by atoms with Gasteiger partial charge in [-0.15, -0.1) is 0 Å². The molecule has 2 aromatic carbocycles. The van der Waals surface area contributed by atoms with Crippen molar-refractivity contribution in [3.05, 3.63) is 63.9 Å². The van der Waals surface area contributed by atoms with Crippen LogP contribution in [0.4, 0.5) is 4.39 Å². The molecule has 0 atom stereocenters. The Morgan fingerprint density at radius 2 is 1.89 bits per heavy atom. The van der Waals surface area contributed by atoms with Gasteiger partial charge in [-0.2, -0.15) is 9.57 Å². The quantitative estimate of drug-likeness (QED) is 0.743. The van der Waals surface area contributed by atoms with Crippen molar-refractivity contribution < 1.29 is 17.1 Å². The van der Waals surface area contributed by atoms with Crippen molar-refractivity contribution in [3.63, 3.8) is 0 Å². The smallest absolute Gasteiger partial charge is 0.244 e. The number of sulfonamides is 1. The second-order valence-electron chi connectivity index (χ2n) is 6.06. The van der Waals surface area contributed by atoms with Gasteiger partial charge in [0.15, 0.2) is 0 Å². The summed E-state index contributed by atoms with van der Waals surface area (Å²) in [7, 11) is -3.67. The average molecular weight is 467 g/mol. The number of hydrogen-bond acceptors (Lipinski definition) is 5. The van der Waals surface area contributed by atoms with Crippen LogP contribution in [0.25, 0.3) is 0 Å². The second kappa shape index (κ2) is 9.37. The van der Waals surface area contributed by atoms with Gasteiger partial charge in [0.25, 0.3) is 0 Å². The van der Waals surface area contributed by atoms with Crippen molar-refractivity contribution in [2.45, 2.75) is 10.4 Å². The molecule has 1 aliphatic rings. The molecule has 1 saturated heterocycles. The van der Waals surface area contributed by atoms with Crippen LogP contribution in [0.5, 0.6) is 0 Å². The summed E-state index contributed by atoms with van der Waals surface area (Å²) in [6.45, 7) is 0.330. The fraction of sp³-hybridized carbons (Fsp3) is 0.235. The molecule has 0 aromatic heterocycles. The normalized spacial score (nSPS) is 15.7. The highest BCUT2D eigenvalue weighted by Gasteiger charge is 2.46. The minimum Gasteiger partial charge on any atom is -0.321 e. The van der Waals surface area contributed by atoms with Gasteiger partial charge >= 0.3 is 0 Å². The molecule has 1 fully saturated rings. The zero-order valence-corrected chi connectivity index (χ0v) is 17.4. The number of halogens is 4. The molecule has 0 spiro atoms. The van der Waals surface area contributed by atoms with Crippen LogP contribution in [-0.4, -0.2) is 38.0 Å². The van der Waals surface area contributed by atoms with Crippen LogP contribution in [0, 0.1) is 17.1 Å². The van der Waals surface area contributed by atoms with Crippen molar-refractivity contribution in [2.24, 2.45) is 5.73 Å². The Kier molecular flexibility index (Phi) is 7.65. The van der Waals surface area contributed by atoms with Crippen LogP contribution in [0.3, 0.4) is 0 Å². The lowest BCUT2D eigenvalue weighted by Gasteiger charge is -2.45. The van der Waals surface area contributed by atoms with Crippen molar-refractivity contribution in [1.82, 2.24) is 4.31 Å². The van der Waals surface area contributed by atoms with E-state index < -0.39 is 21.4 Å². The van der Waals surface area contributed by atoms with E-state index in [0.29, 0.717) is 5.02 Å². The maximum atomic E-state index is 12.4. The summed E-state index contributed by atoms with van der Waals surface area (Å²) >= 11 is 16.8. The summed E-state index contributed by atoms with van der Waals surface area (Å²) in [5, 5.41) is 8.68. The first-order chi connectivity index (χ1) is 13.1. The van der Waals surface area contributed by atoms with Gasteiger partial charge in [-0.25, -0.2) is 12.8 Å². The van der Waals surface area contributed by atoms with Crippen molar-refractivity contribution in [1.29, 1.82) is 5.26 Å². The summed E-state index contributed by atoms with van der Waals surface area (Å²) in [4.78, 5) is 0.00686. The first-order valence-corrected chi connectivity index (χ1v) is 10.3. The highest BCUT2D eigenvalue weighted by Crippen LogP contribution is 2.32. The highest BCUT2D eigenvalue weighted by molar-refractivity contribution is 7.89. The molecule has 0 bridgehead atoms. The van der Waals surface area contributed by atoms with Crippen molar-refractivity contribution >= 4 is 45.1 Å². The summed E-state index contributed by atoms with van der Waals surface area (Å²) in [6.07, 6.45) is 0. The maximum absolute atomic E-state index is 12.4. The summed E-state index contributed by atoms with van der Waals surface area (Å²) in [5.41, 5.74) is 5.21. The van der Waals surface area contributed by atoms with Gasteiger partial charge in [-0.05, 0) is 30.3 Å². The van der Waals surface area contributed by atoms with Crippen LogP contribution in [0.1, 0.15) is 5.56 Å². The fourth-order valence-corrected chi connectivity index (χ4v) is 5.00. The first kappa shape index (κ1) is 22.8. The third-order valence-corrected chi connectivity index (χ3v) is 6.45. The van der Waals surface area contributed by atoms with E-state index in [-0.39, 0.29) is 35.2 Å². The zero-order chi connectivity index (χ0) is 20.9. The number of nitriles is 1. The molecule has 11 heteroatoms. The lowest BCUT2D eigenvalue weighted by atomic mass is 9.95. The Bertz CT molecular complexity index is 993. The van der Waals surface area contributed by atoms with Crippen LogP contribution in [0.2, 0.25) is 10.0 Å². The number of nitrogens with zero attached hydrogens (tertiary/aromatic N) is 2. The molecule has 150 valence electrons. The highest BCUT2D eigenvalue weighted by atomic mass is 35.5. The SMILES string of the molecule is N#Cc1ccccc1F.NC1(COCl)CN(S(=O)(=O)c2ccc(Cl)cc2Cl)C1. The molecule has 6 nitrogen and oxygen atoms in total. The lowest BCUT2D eigenvalue weighted by Crippen LogP contribution is -2.70. The zero-order valence-electron chi connectivity index (χ0n) is 14.3. The molecule has 0 aliphatic carbocycles. The third-order valence-electron chi connectivity index (χ3n) is 3.83. The van der Waals surface area contributed by atoms with Gasteiger partial charge in [-0.3, -0.25) is 4.29 Å².